The Morgan fingerprint density at radius 3 is 2.71 bits per heavy atom. The first-order valence-electron chi connectivity index (χ1n) is 10.2. The molecule has 2 aromatic carbocycles. The quantitative estimate of drug-likeness (QED) is 0.621. The number of likely N-dealkylation sites (tertiary alicyclic amines) is 1. The van der Waals surface area contributed by atoms with Crippen LogP contribution in [-0.2, 0) is 20.7 Å². The van der Waals surface area contributed by atoms with Crippen molar-refractivity contribution in [2.24, 2.45) is 5.92 Å². The van der Waals surface area contributed by atoms with Crippen LogP contribution in [0.5, 0.6) is 5.75 Å². The summed E-state index contributed by atoms with van der Waals surface area (Å²) in [7, 11) is 1.57. The van der Waals surface area contributed by atoms with E-state index >= 15 is 0 Å². The first-order chi connectivity index (χ1) is 15.0. The Hall–Kier alpha value is -2.64. The highest BCUT2D eigenvalue weighted by molar-refractivity contribution is 6.32. The predicted molar refractivity (Wildman–Crippen MR) is 117 cm³/mol. The van der Waals surface area contributed by atoms with E-state index in [4.69, 9.17) is 21.1 Å². The minimum atomic E-state index is -0.336. The molecule has 1 atom stereocenters. The smallest absolute Gasteiger partial charge is 0.229 e. The van der Waals surface area contributed by atoms with Crippen LogP contribution in [-0.4, -0.2) is 50.1 Å². The fourth-order valence-electron chi connectivity index (χ4n) is 3.52. The zero-order valence-corrected chi connectivity index (χ0v) is 18.2. The Bertz CT molecular complexity index is 907. The molecule has 0 aromatic heterocycles. The number of nitrogens with one attached hydrogen (secondary N) is 1. The van der Waals surface area contributed by atoms with E-state index in [1.807, 2.05) is 0 Å². The Kier molecular flexibility index (Phi) is 8.26. The molecule has 166 valence electrons. The minimum absolute atomic E-state index is 0.0737. The molecular weight excluding hydrogens is 423 g/mol. The molecule has 1 fully saturated rings. The molecule has 8 heteroatoms. The third-order valence-electron chi connectivity index (χ3n) is 5.17. The molecule has 1 N–H and O–H groups in total. The number of hydrogen-bond acceptors (Lipinski definition) is 4. The standard InChI is InChI=1S/C23H26ClFN2O4/c1-30-12-13-31-22-19(24)5-2-6-20(22)26-23(29)17-4-3-11-27(15-17)21(28)14-16-7-9-18(25)10-8-16/h2,5-10,17H,3-4,11-15H2,1H3,(H,26,29). The van der Waals surface area contributed by atoms with Gasteiger partial charge in [-0.1, -0.05) is 29.8 Å². The summed E-state index contributed by atoms with van der Waals surface area (Å²) in [6.07, 6.45) is 1.60. The van der Waals surface area contributed by atoms with Gasteiger partial charge in [0.1, 0.15) is 12.4 Å². The second-order valence-corrected chi connectivity index (χ2v) is 7.84. The van der Waals surface area contributed by atoms with Crippen LogP contribution in [0, 0.1) is 11.7 Å². The van der Waals surface area contributed by atoms with Crippen molar-refractivity contribution in [1.82, 2.24) is 4.90 Å². The molecule has 0 bridgehead atoms. The topological polar surface area (TPSA) is 67.9 Å². The van der Waals surface area contributed by atoms with Crippen LogP contribution in [0.15, 0.2) is 42.5 Å². The Labute approximate surface area is 186 Å². The normalized spacial score (nSPS) is 16.1. The van der Waals surface area contributed by atoms with Crippen LogP contribution in [0.2, 0.25) is 5.02 Å². The molecule has 1 aliphatic heterocycles. The number of ether oxygens (including phenoxy) is 2. The zero-order chi connectivity index (χ0) is 22.2. The average molecular weight is 449 g/mol. The van der Waals surface area contributed by atoms with Gasteiger partial charge in [-0.25, -0.2) is 4.39 Å². The first-order valence-corrected chi connectivity index (χ1v) is 10.6. The van der Waals surface area contributed by atoms with Gasteiger partial charge in [0.15, 0.2) is 5.75 Å². The third-order valence-corrected chi connectivity index (χ3v) is 5.47. The molecule has 0 spiro atoms. The highest BCUT2D eigenvalue weighted by Gasteiger charge is 2.29. The van der Waals surface area contributed by atoms with Gasteiger partial charge >= 0.3 is 0 Å². The molecule has 31 heavy (non-hydrogen) atoms. The number of hydrogen-bond donors (Lipinski definition) is 1. The lowest BCUT2D eigenvalue weighted by molar-refractivity contribution is -0.133. The summed E-state index contributed by atoms with van der Waals surface area (Å²) in [5.74, 6) is -0.530. The second-order valence-electron chi connectivity index (χ2n) is 7.43. The second kappa shape index (κ2) is 11.1. The van der Waals surface area contributed by atoms with E-state index in [9.17, 15) is 14.0 Å². The van der Waals surface area contributed by atoms with Crippen LogP contribution >= 0.6 is 11.6 Å². The maximum absolute atomic E-state index is 13.1. The largest absolute Gasteiger partial charge is 0.487 e. The number of amides is 2. The van der Waals surface area contributed by atoms with Crippen molar-refractivity contribution in [2.45, 2.75) is 19.3 Å². The molecular formula is C23H26ClFN2O4. The van der Waals surface area contributed by atoms with Gasteiger partial charge in [0.05, 0.1) is 29.7 Å². The van der Waals surface area contributed by atoms with Gasteiger partial charge < -0.3 is 19.7 Å². The van der Waals surface area contributed by atoms with Gasteiger partial charge in [-0.05, 0) is 42.7 Å². The Balaban J connectivity index is 1.61. The molecule has 1 aliphatic rings. The van der Waals surface area contributed by atoms with Crippen LogP contribution in [0.3, 0.4) is 0 Å². The van der Waals surface area contributed by atoms with Crippen molar-refractivity contribution >= 4 is 29.1 Å². The lowest BCUT2D eigenvalue weighted by atomic mass is 9.96. The fraction of sp³-hybridized carbons (Fsp3) is 0.391. The maximum atomic E-state index is 13.1. The van der Waals surface area contributed by atoms with Crippen molar-refractivity contribution < 1.29 is 23.5 Å². The van der Waals surface area contributed by atoms with Gasteiger partial charge in [-0.2, -0.15) is 0 Å². The number of para-hydroxylation sites is 1. The van der Waals surface area contributed by atoms with Crippen LogP contribution in [0.1, 0.15) is 18.4 Å². The first kappa shape index (κ1) is 23.0. The molecule has 6 nitrogen and oxygen atoms in total. The summed E-state index contributed by atoms with van der Waals surface area (Å²) in [6, 6.07) is 11.0. The highest BCUT2D eigenvalue weighted by Crippen LogP contribution is 2.33. The fourth-order valence-corrected chi connectivity index (χ4v) is 3.75. The number of methoxy groups -OCH3 is 1. The minimum Gasteiger partial charge on any atom is -0.487 e. The van der Waals surface area contributed by atoms with Gasteiger partial charge in [0, 0.05) is 20.2 Å². The van der Waals surface area contributed by atoms with Crippen molar-refractivity contribution in [2.75, 3.05) is 38.7 Å². The summed E-state index contributed by atoms with van der Waals surface area (Å²) in [6.45, 7) is 1.64. The summed E-state index contributed by atoms with van der Waals surface area (Å²) in [5, 5.41) is 3.29. The number of anilines is 1. The van der Waals surface area contributed by atoms with Gasteiger partial charge in [0.25, 0.3) is 0 Å². The summed E-state index contributed by atoms with van der Waals surface area (Å²) in [5.41, 5.74) is 1.23. The summed E-state index contributed by atoms with van der Waals surface area (Å²) in [4.78, 5) is 27.3. The molecule has 1 saturated heterocycles. The third kappa shape index (κ3) is 6.42. The molecule has 1 unspecified atom stereocenters. The van der Waals surface area contributed by atoms with Crippen LogP contribution < -0.4 is 10.1 Å². The molecule has 0 saturated carbocycles. The molecule has 0 radical (unpaired) electrons. The van der Waals surface area contributed by atoms with Crippen molar-refractivity contribution in [1.29, 1.82) is 0 Å². The highest BCUT2D eigenvalue weighted by atomic mass is 35.5. The Morgan fingerprint density at radius 1 is 1.19 bits per heavy atom. The lowest BCUT2D eigenvalue weighted by Crippen LogP contribution is -2.44. The summed E-state index contributed by atoms with van der Waals surface area (Å²) < 4.78 is 23.7. The SMILES string of the molecule is COCCOc1c(Cl)cccc1NC(=O)C1CCCN(C(=O)Cc2ccc(F)cc2)C1. The number of piperidine rings is 1. The van der Waals surface area contributed by atoms with Crippen LogP contribution in [0.4, 0.5) is 10.1 Å². The van der Waals surface area contributed by atoms with E-state index in [1.54, 1.807) is 42.3 Å². The maximum Gasteiger partial charge on any atom is 0.229 e. The zero-order valence-electron chi connectivity index (χ0n) is 17.4. The van der Waals surface area contributed by atoms with Gasteiger partial charge in [0.2, 0.25) is 11.8 Å². The van der Waals surface area contributed by atoms with E-state index in [0.717, 1.165) is 12.0 Å². The molecule has 1 heterocycles. The lowest BCUT2D eigenvalue weighted by Gasteiger charge is -2.32. The number of halogens is 2. The van der Waals surface area contributed by atoms with E-state index in [2.05, 4.69) is 5.32 Å². The summed E-state index contributed by atoms with van der Waals surface area (Å²) >= 11 is 6.24. The molecule has 2 amide bonds. The number of carbonyl (C=O) groups is 2. The average Bonchev–Trinajstić information content (AvgIpc) is 2.77. The van der Waals surface area contributed by atoms with E-state index in [-0.39, 0.29) is 30.0 Å². The number of nitrogens with zero attached hydrogens (tertiary/aromatic N) is 1. The molecule has 2 aromatic rings. The van der Waals surface area contributed by atoms with E-state index in [0.29, 0.717) is 49.2 Å². The van der Waals surface area contributed by atoms with Crippen molar-refractivity contribution in [3.63, 3.8) is 0 Å². The van der Waals surface area contributed by atoms with E-state index in [1.165, 1.54) is 12.1 Å². The predicted octanol–water partition coefficient (Wildman–Crippen LogP) is 3.92. The monoisotopic (exact) mass is 448 g/mol. The van der Waals surface area contributed by atoms with E-state index < -0.39 is 0 Å². The van der Waals surface area contributed by atoms with Crippen molar-refractivity contribution in [3.8, 4) is 5.75 Å². The molecule has 0 aliphatic carbocycles. The van der Waals surface area contributed by atoms with Crippen LogP contribution in [0.25, 0.3) is 0 Å². The van der Waals surface area contributed by atoms with Gasteiger partial charge in [-0.3, -0.25) is 9.59 Å². The number of rotatable bonds is 8. The number of benzene rings is 2. The van der Waals surface area contributed by atoms with Gasteiger partial charge in [-0.15, -0.1) is 0 Å². The Morgan fingerprint density at radius 2 is 1.97 bits per heavy atom. The molecule has 3 rings (SSSR count). The van der Waals surface area contributed by atoms with Crippen molar-refractivity contribution in [3.05, 3.63) is 58.9 Å². The number of carbonyl (C=O) groups excluding carboxylic acids is 2.